The molecule has 1 rings (SSSR count). The van der Waals surface area contributed by atoms with Crippen molar-refractivity contribution >= 4 is 0 Å². The molecule has 0 aromatic rings. The van der Waals surface area contributed by atoms with Crippen molar-refractivity contribution in [3.63, 3.8) is 0 Å². The van der Waals surface area contributed by atoms with Gasteiger partial charge in [0, 0.05) is 13.1 Å². The summed E-state index contributed by atoms with van der Waals surface area (Å²) in [7, 11) is 4.19. The number of morpholine rings is 1. The van der Waals surface area contributed by atoms with Gasteiger partial charge in [-0.25, -0.2) is 0 Å². The van der Waals surface area contributed by atoms with Crippen LogP contribution in [0.1, 0.15) is 6.42 Å². The van der Waals surface area contributed by atoms with Gasteiger partial charge in [-0.3, -0.25) is 4.90 Å². The van der Waals surface area contributed by atoms with Gasteiger partial charge in [0.15, 0.2) is 0 Å². The van der Waals surface area contributed by atoms with Crippen LogP contribution < -0.4 is 0 Å². The lowest BCUT2D eigenvalue weighted by molar-refractivity contribution is -0.0530. The standard InChI is InChI=1S/C10H22N2O2/c1-11(2)4-3-5-12-6-7-14-10(8-12)9-13/h10,13H,3-9H2,1-2H3. The van der Waals surface area contributed by atoms with Crippen molar-refractivity contribution < 1.29 is 9.84 Å². The third kappa shape index (κ3) is 4.37. The topological polar surface area (TPSA) is 35.9 Å². The Morgan fingerprint density at radius 2 is 2.29 bits per heavy atom. The third-order valence-electron chi connectivity index (χ3n) is 2.51. The maximum atomic E-state index is 8.96. The molecule has 14 heavy (non-hydrogen) atoms. The first kappa shape index (κ1) is 11.9. The smallest absolute Gasteiger partial charge is 0.0932 e. The molecule has 0 aromatic heterocycles. The second kappa shape index (κ2) is 6.35. The van der Waals surface area contributed by atoms with Crippen molar-refractivity contribution in [2.75, 3.05) is 53.5 Å². The maximum absolute atomic E-state index is 8.96. The fourth-order valence-electron chi connectivity index (χ4n) is 1.70. The average molecular weight is 202 g/mol. The summed E-state index contributed by atoms with van der Waals surface area (Å²) in [5, 5.41) is 8.96. The number of aliphatic hydroxyl groups is 1. The highest BCUT2D eigenvalue weighted by Crippen LogP contribution is 2.04. The van der Waals surface area contributed by atoms with E-state index in [0.29, 0.717) is 0 Å². The monoisotopic (exact) mass is 202 g/mol. The molecule has 0 amide bonds. The van der Waals surface area contributed by atoms with Crippen LogP contribution in [0.2, 0.25) is 0 Å². The van der Waals surface area contributed by atoms with E-state index in [4.69, 9.17) is 9.84 Å². The summed E-state index contributed by atoms with van der Waals surface area (Å²) < 4.78 is 5.38. The van der Waals surface area contributed by atoms with E-state index in [9.17, 15) is 0 Å². The minimum atomic E-state index is 0.0307. The summed E-state index contributed by atoms with van der Waals surface area (Å²) in [6.07, 6.45) is 1.22. The van der Waals surface area contributed by atoms with Gasteiger partial charge in [-0.15, -0.1) is 0 Å². The van der Waals surface area contributed by atoms with Crippen LogP contribution >= 0.6 is 0 Å². The van der Waals surface area contributed by atoms with Gasteiger partial charge in [0.1, 0.15) is 0 Å². The second-order valence-electron chi connectivity index (χ2n) is 4.13. The highest BCUT2D eigenvalue weighted by Gasteiger charge is 2.18. The van der Waals surface area contributed by atoms with E-state index in [1.165, 1.54) is 6.42 Å². The molecule has 1 N–H and O–H groups in total. The van der Waals surface area contributed by atoms with E-state index in [1.54, 1.807) is 0 Å². The molecule has 0 bridgehead atoms. The molecule has 1 atom stereocenters. The van der Waals surface area contributed by atoms with Crippen molar-refractivity contribution in [2.45, 2.75) is 12.5 Å². The number of hydrogen-bond acceptors (Lipinski definition) is 4. The second-order valence-corrected chi connectivity index (χ2v) is 4.13. The quantitative estimate of drug-likeness (QED) is 0.660. The highest BCUT2D eigenvalue weighted by atomic mass is 16.5. The summed E-state index contributed by atoms with van der Waals surface area (Å²) >= 11 is 0. The molecular formula is C10H22N2O2. The van der Waals surface area contributed by atoms with Gasteiger partial charge in [-0.2, -0.15) is 0 Å². The van der Waals surface area contributed by atoms with Gasteiger partial charge < -0.3 is 14.7 Å². The van der Waals surface area contributed by atoms with E-state index in [2.05, 4.69) is 23.9 Å². The van der Waals surface area contributed by atoms with E-state index >= 15 is 0 Å². The summed E-state index contributed by atoms with van der Waals surface area (Å²) in [6.45, 7) is 5.02. The van der Waals surface area contributed by atoms with E-state index in [1.807, 2.05) is 0 Å². The first-order valence-electron chi connectivity index (χ1n) is 5.32. The maximum Gasteiger partial charge on any atom is 0.0932 e. The van der Waals surface area contributed by atoms with Gasteiger partial charge in [0.2, 0.25) is 0 Å². The number of aliphatic hydroxyl groups excluding tert-OH is 1. The minimum Gasteiger partial charge on any atom is -0.394 e. The van der Waals surface area contributed by atoms with Crippen LogP contribution in [0.15, 0.2) is 0 Å². The van der Waals surface area contributed by atoms with E-state index in [-0.39, 0.29) is 12.7 Å². The van der Waals surface area contributed by atoms with Gasteiger partial charge in [-0.1, -0.05) is 0 Å². The first-order valence-corrected chi connectivity index (χ1v) is 5.32. The molecule has 1 heterocycles. The number of hydrogen-bond donors (Lipinski definition) is 1. The lowest BCUT2D eigenvalue weighted by Gasteiger charge is -2.32. The molecule has 1 fully saturated rings. The van der Waals surface area contributed by atoms with Crippen molar-refractivity contribution in [1.29, 1.82) is 0 Å². The van der Waals surface area contributed by atoms with Crippen molar-refractivity contribution in [3.05, 3.63) is 0 Å². The van der Waals surface area contributed by atoms with E-state index in [0.717, 1.165) is 32.8 Å². The van der Waals surface area contributed by atoms with Crippen LogP contribution in [0, 0.1) is 0 Å². The number of ether oxygens (including phenoxy) is 1. The predicted octanol–water partition coefficient (Wildman–Crippen LogP) is -0.369. The van der Waals surface area contributed by atoms with Crippen LogP contribution in [-0.2, 0) is 4.74 Å². The third-order valence-corrected chi connectivity index (χ3v) is 2.51. The van der Waals surface area contributed by atoms with Gasteiger partial charge in [0.05, 0.1) is 19.3 Å². The first-order chi connectivity index (χ1) is 6.72. The molecule has 1 aliphatic heterocycles. The molecule has 0 saturated carbocycles. The number of nitrogens with zero attached hydrogens (tertiary/aromatic N) is 2. The van der Waals surface area contributed by atoms with E-state index < -0.39 is 0 Å². The molecular weight excluding hydrogens is 180 g/mol. The van der Waals surface area contributed by atoms with Crippen LogP contribution in [0.5, 0.6) is 0 Å². The van der Waals surface area contributed by atoms with Gasteiger partial charge in [0.25, 0.3) is 0 Å². The highest BCUT2D eigenvalue weighted by molar-refractivity contribution is 4.70. The lowest BCUT2D eigenvalue weighted by atomic mass is 10.2. The summed E-state index contributed by atoms with van der Waals surface area (Å²) in [6, 6.07) is 0. The predicted molar refractivity (Wildman–Crippen MR) is 56.4 cm³/mol. The Morgan fingerprint density at radius 3 is 2.93 bits per heavy atom. The Balaban J connectivity index is 2.11. The Bertz CT molecular complexity index is 153. The van der Waals surface area contributed by atoms with Crippen LogP contribution in [0.4, 0.5) is 0 Å². The lowest BCUT2D eigenvalue weighted by Crippen LogP contribution is -2.44. The van der Waals surface area contributed by atoms with Crippen LogP contribution in [0.3, 0.4) is 0 Å². The zero-order chi connectivity index (χ0) is 10.4. The summed E-state index contributed by atoms with van der Waals surface area (Å²) in [4.78, 5) is 4.57. The Morgan fingerprint density at radius 1 is 1.50 bits per heavy atom. The Labute approximate surface area is 86.4 Å². The van der Waals surface area contributed by atoms with Gasteiger partial charge in [-0.05, 0) is 33.6 Å². The SMILES string of the molecule is CN(C)CCCN1CCOC(CO)C1. The summed E-state index contributed by atoms with van der Waals surface area (Å²) in [5.41, 5.74) is 0. The zero-order valence-corrected chi connectivity index (χ0v) is 9.28. The average Bonchev–Trinajstić information content (AvgIpc) is 2.18. The molecule has 4 heteroatoms. The number of rotatable bonds is 5. The summed E-state index contributed by atoms with van der Waals surface area (Å²) in [5.74, 6) is 0. The fraction of sp³-hybridized carbons (Fsp3) is 1.00. The molecule has 0 aliphatic carbocycles. The van der Waals surface area contributed by atoms with Crippen LogP contribution in [-0.4, -0.2) is 74.5 Å². The molecule has 1 unspecified atom stereocenters. The molecule has 1 aliphatic rings. The zero-order valence-electron chi connectivity index (χ0n) is 9.28. The van der Waals surface area contributed by atoms with Crippen molar-refractivity contribution in [1.82, 2.24) is 9.80 Å². The largest absolute Gasteiger partial charge is 0.394 e. The van der Waals surface area contributed by atoms with Crippen molar-refractivity contribution in [2.24, 2.45) is 0 Å². The molecule has 0 spiro atoms. The fourth-order valence-corrected chi connectivity index (χ4v) is 1.70. The Hall–Kier alpha value is -0.160. The molecule has 0 radical (unpaired) electrons. The molecule has 4 nitrogen and oxygen atoms in total. The van der Waals surface area contributed by atoms with Crippen LogP contribution in [0.25, 0.3) is 0 Å². The Kier molecular flexibility index (Phi) is 5.40. The van der Waals surface area contributed by atoms with Crippen molar-refractivity contribution in [3.8, 4) is 0 Å². The van der Waals surface area contributed by atoms with Gasteiger partial charge >= 0.3 is 0 Å². The minimum absolute atomic E-state index is 0.0307. The normalized spacial score (nSPS) is 24.4. The molecule has 0 aromatic carbocycles. The molecule has 84 valence electrons. The molecule has 1 saturated heterocycles.